The molecule has 3 aromatic rings. The van der Waals surface area contributed by atoms with Crippen LogP contribution in [0.15, 0.2) is 77.7 Å². The Balaban J connectivity index is 1.51. The number of ether oxygens (including phenoxy) is 1. The molecule has 0 heterocycles. The van der Waals surface area contributed by atoms with E-state index in [0.717, 1.165) is 17.5 Å². The molecule has 3 aromatic carbocycles. The van der Waals surface area contributed by atoms with Crippen LogP contribution in [0, 0.1) is 13.8 Å². The van der Waals surface area contributed by atoms with Crippen molar-refractivity contribution in [3.05, 3.63) is 89.5 Å². The average Bonchev–Trinajstić information content (AvgIpc) is 2.77. The molecule has 1 amide bonds. The number of rotatable bonds is 10. The summed E-state index contributed by atoms with van der Waals surface area (Å²) in [6, 6.07) is 22.2. The van der Waals surface area contributed by atoms with Crippen LogP contribution < -0.4 is 14.8 Å². The van der Waals surface area contributed by atoms with E-state index < -0.39 is 10.0 Å². The van der Waals surface area contributed by atoms with Crippen molar-refractivity contribution in [1.29, 1.82) is 0 Å². The Labute approximate surface area is 189 Å². The average molecular weight is 453 g/mol. The van der Waals surface area contributed by atoms with Gasteiger partial charge in [0.05, 0.1) is 17.2 Å². The maximum Gasteiger partial charge on any atom is 0.240 e. The molecule has 3 rings (SSSR count). The zero-order valence-corrected chi connectivity index (χ0v) is 19.1. The second-order valence-corrected chi connectivity index (χ2v) is 9.29. The first-order valence-electron chi connectivity index (χ1n) is 10.5. The molecule has 6 nitrogen and oxygen atoms in total. The van der Waals surface area contributed by atoms with Gasteiger partial charge in [-0.05, 0) is 54.8 Å². The summed E-state index contributed by atoms with van der Waals surface area (Å²) in [5, 5.41) is 2.80. The lowest BCUT2D eigenvalue weighted by Crippen LogP contribution is -2.28. The quantitative estimate of drug-likeness (QED) is 0.482. The summed E-state index contributed by atoms with van der Waals surface area (Å²) in [6.45, 7) is 4.26. The third-order valence-electron chi connectivity index (χ3n) is 5.09. The highest BCUT2D eigenvalue weighted by Crippen LogP contribution is 2.24. The van der Waals surface area contributed by atoms with Gasteiger partial charge in [-0.25, -0.2) is 13.1 Å². The summed E-state index contributed by atoms with van der Waals surface area (Å²) < 4.78 is 33.3. The largest absolute Gasteiger partial charge is 0.491 e. The summed E-state index contributed by atoms with van der Waals surface area (Å²) in [4.78, 5) is 12.6. The number of amides is 1. The Morgan fingerprint density at radius 1 is 0.906 bits per heavy atom. The normalized spacial score (nSPS) is 11.2. The highest BCUT2D eigenvalue weighted by atomic mass is 32.2. The number of aryl methyl sites for hydroxylation is 2. The molecule has 0 aliphatic heterocycles. The Hall–Kier alpha value is -3.16. The van der Waals surface area contributed by atoms with E-state index in [1.807, 2.05) is 56.3 Å². The molecule has 7 heteroatoms. The van der Waals surface area contributed by atoms with Crippen molar-refractivity contribution in [1.82, 2.24) is 4.72 Å². The van der Waals surface area contributed by atoms with Gasteiger partial charge < -0.3 is 10.1 Å². The zero-order valence-electron chi connectivity index (χ0n) is 18.3. The molecular formula is C25H28N2O4S. The van der Waals surface area contributed by atoms with Crippen molar-refractivity contribution in [3.63, 3.8) is 0 Å². The molecule has 0 spiro atoms. The number of carbonyl (C=O) groups excluding carboxylic acids is 1. The van der Waals surface area contributed by atoms with E-state index in [-0.39, 0.29) is 23.8 Å². The third-order valence-corrected chi connectivity index (χ3v) is 6.54. The van der Waals surface area contributed by atoms with E-state index in [0.29, 0.717) is 18.0 Å². The topological polar surface area (TPSA) is 84.5 Å². The van der Waals surface area contributed by atoms with Crippen LogP contribution in [0.5, 0.6) is 5.75 Å². The molecule has 0 saturated carbocycles. The van der Waals surface area contributed by atoms with E-state index in [9.17, 15) is 13.2 Å². The van der Waals surface area contributed by atoms with Crippen molar-refractivity contribution < 1.29 is 17.9 Å². The van der Waals surface area contributed by atoms with Crippen LogP contribution in [0.4, 0.5) is 5.69 Å². The van der Waals surface area contributed by atoms with Crippen molar-refractivity contribution in [2.45, 2.75) is 31.6 Å². The Morgan fingerprint density at radius 2 is 1.62 bits per heavy atom. The first-order chi connectivity index (χ1) is 15.3. The number of carbonyl (C=O) groups is 1. The lowest BCUT2D eigenvalue weighted by molar-refractivity contribution is -0.116. The van der Waals surface area contributed by atoms with Crippen molar-refractivity contribution >= 4 is 21.6 Å². The zero-order chi connectivity index (χ0) is 23.0. The van der Waals surface area contributed by atoms with Crippen LogP contribution in [0.3, 0.4) is 0 Å². The Bertz CT molecular complexity index is 1160. The maximum absolute atomic E-state index is 12.5. The molecule has 0 fully saturated rings. The molecule has 0 atom stereocenters. The molecule has 2 N–H and O–H groups in total. The molecular weight excluding hydrogens is 424 g/mol. The van der Waals surface area contributed by atoms with E-state index in [1.54, 1.807) is 30.3 Å². The minimum Gasteiger partial charge on any atom is -0.491 e. The van der Waals surface area contributed by atoms with Gasteiger partial charge in [0.2, 0.25) is 15.9 Å². The van der Waals surface area contributed by atoms with E-state index in [4.69, 9.17) is 4.74 Å². The fourth-order valence-electron chi connectivity index (χ4n) is 3.10. The third kappa shape index (κ3) is 6.67. The lowest BCUT2D eigenvalue weighted by atomic mass is 10.1. The monoisotopic (exact) mass is 452 g/mol. The van der Waals surface area contributed by atoms with Crippen LogP contribution >= 0.6 is 0 Å². The van der Waals surface area contributed by atoms with Crippen LogP contribution in [-0.2, 0) is 21.2 Å². The number of para-hydroxylation sites is 2. The number of nitrogens with one attached hydrogen (secondary N) is 2. The van der Waals surface area contributed by atoms with Gasteiger partial charge in [-0.15, -0.1) is 0 Å². The first-order valence-corrected chi connectivity index (χ1v) is 12.0. The van der Waals surface area contributed by atoms with Crippen LogP contribution in [0.1, 0.15) is 23.1 Å². The Kier molecular flexibility index (Phi) is 8.03. The van der Waals surface area contributed by atoms with E-state index in [1.165, 1.54) is 5.56 Å². The SMILES string of the molecule is Cc1ccc(S(=O)(=O)NCCC(=O)Nc2ccccc2OCCc2ccccc2)cc1C. The molecule has 0 aromatic heterocycles. The summed E-state index contributed by atoms with van der Waals surface area (Å²) in [5.74, 6) is 0.277. The summed E-state index contributed by atoms with van der Waals surface area (Å²) in [7, 11) is -3.67. The molecule has 0 unspecified atom stereocenters. The molecule has 0 aliphatic rings. The maximum atomic E-state index is 12.5. The molecule has 0 saturated heterocycles. The van der Waals surface area contributed by atoms with Crippen LogP contribution in [0.2, 0.25) is 0 Å². The number of anilines is 1. The second kappa shape index (κ2) is 10.9. The molecule has 32 heavy (non-hydrogen) atoms. The van der Waals surface area contributed by atoms with Gasteiger partial charge in [0, 0.05) is 19.4 Å². The second-order valence-electron chi connectivity index (χ2n) is 7.52. The van der Waals surface area contributed by atoms with Crippen molar-refractivity contribution in [3.8, 4) is 5.75 Å². The van der Waals surface area contributed by atoms with Gasteiger partial charge in [-0.3, -0.25) is 4.79 Å². The summed E-state index contributed by atoms with van der Waals surface area (Å²) in [5.41, 5.74) is 3.65. The highest BCUT2D eigenvalue weighted by Gasteiger charge is 2.15. The van der Waals surface area contributed by atoms with E-state index >= 15 is 0 Å². The number of hydrogen-bond donors (Lipinski definition) is 2. The predicted octanol–water partition coefficient (Wildman–Crippen LogP) is 4.23. The number of sulfonamides is 1. The van der Waals surface area contributed by atoms with Gasteiger partial charge in [-0.2, -0.15) is 0 Å². The fraction of sp³-hybridized carbons (Fsp3) is 0.240. The van der Waals surface area contributed by atoms with Crippen molar-refractivity contribution in [2.24, 2.45) is 0 Å². The Morgan fingerprint density at radius 3 is 2.38 bits per heavy atom. The fourth-order valence-corrected chi connectivity index (χ4v) is 4.21. The number of benzene rings is 3. The standard InChI is InChI=1S/C25H28N2O4S/c1-19-12-13-22(18-20(19)2)32(29,30)26-16-14-25(28)27-23-10-6-7-11-24(23)31-17-15-21-8-4-3-5-9-21/h3-13,18,26H,14-17H2,1-2H3,(H,27,28). The van der Waals surface area contributed by atoms with Crippen LogP contribution in [-0.4, -0.2) is 27.5 Å². The van der Waals surface area contributed by atoms with Gasteiger partial charge in [-0.1, -0.05) is 48.5 Å². The van der Waals surface area contributed by atoms with E-state index in [2.05, 4.69) is 10.0 Å². The van der Waals surface area contributed by atoms with Crippen molar-refractivity contribution in [2.75, 3.05) is 18.5 Å². The minimum atomic E-state index is -3.67. The molecule has 0 radical (unpaired) electrons. The van der Waals surface area contributed by atoms with Gasteiger partial charge in [0.1, 0.15) is 5.75 Å². The first kappa shape index (κ1) is 23.5. The molecule has 0 bridgehead atoms. The highest BCUT2D eigenvalue weighted by molar-refractivity contribution is 7.89. The van der Waals surface area contributed by atoms with Gasteiger partial charge >= 0.3 is 0 Å². The summed E-state index contributed by atoms with van der Waals surface area (Å²) >= 11 is 0. The molecule has 168 valence electrons. The predicted molar refractivity (Wildman–Crippen MR) is 126 cm³/mol. The minimum absolute atomic E-state index is 0.00186. The van der Waals surface area contributed by atoms with Gasteiger partial charge in [0.15, 0.2) is 0 Å². The lowest BCUT2D eigenvalue weighted by Gasteiger charge is -2.13. The van der Waals surface area contributed by atoms with Gasteiger partial charge in [0.25, 0.3) is 0 Å². The van der Waals surface area contributed by atoms with Crippen LogP contribution in [0.25, 0.3) is 0 Å². The number of hydrogen-bond acceptors (Lipinski definition) is 4. The summed E-state index contributed by atoms with van der Waals surface area (Å²) in [6.07, 6.45) is 0.756. The molecule has 0 aliphatic carbocycles. The smallest absolute Gasteiger partial charge is 0.240 e.